The summed E-state index contributed by atoms with van der Waals surface area (Å²) in [5.41, 5.74) is 5.75. The third-order valence-corrected chi connectivity index (χ3v) is 2.81. The quantitative estimate of drug-likeness (QED) is 0.909. The lowest BCUT2D eigenvalue weighted by atomic mass is 10.1. The summed E-state index contributed by atoms with van der Waals surface area (Å²) in [6, 6.07) is 4.56. The van der Waals surface area contributed by atoms with Crippen LogP contribution in [-0.4, -0.2) is 15.7 Å². The van der Waals surface area contributed by atoms with Crippen molar-refractivity contribution >= 4 is 11.6 Å². The summed E-state index contributed by atoms with van der Waals surface area (Å²) in [6.07, 6.45) is -2.88. The van der Waals surface area contributed by atoms with E-state index in [0.717, 1.165) is 12.1 Å². The number of nitrogens with one attached hydrogen (secondary N) is 1. The van der Waals surface area contributed by atoms with Gasteiger partial charge in [0.05, 0.1) is 11.3 Å². The van der Waals surface area contributed by atoms with Crippen LogP contribution in [0, 0.1) is 0 Å². The summed E-state index contributed by atoms with van der Waals surface area (Å²) >= 11 is 0. The number of benzene rings is 1. The highest BCUT2D eigenvalue weighted by Crippen LogP contribution is 2.29. The maximum Gasteiger partial charge on any atom is 0.416 e. The molecule has 0 saturated carbocycles. The number of nitrogen functional groups attached to an aromatic ring is 1. The average Bonchev–Trinajstić information content (AvgIpc) is 2.74. The Morgan fingerprint density at radius 3 is 2.43 bits per heavy atom. The average molecular weight is 298 g/mol. The molecule has 0 bridgehead atoms. The first kappa shape index (κ1) is 14.9. The van der Waals surface area contributed by atoms with Crippen LogP contribution in [0.15, 0.2) is 30.5 Å². The Labute approximate surface area is 118 Å². The number of nitrogens with two attached hydrogens (primary N) is 1. The molecule has 0 radical (unpaired) electrons. The number of anilines is 1. The molecule has 0 aliphatic heterocycles. The zero-order valence-corrected chi connectivity index (χ0v) is 11.1. The van der Waals surface area contributed by atoms with Crippen molar-refractivity contribution < 1.29 is 18.0 Å². The summed E-state index contributed by atoms with van der Waals surface area (Å²) in [6.45, 7) is 0.0903. The summed E-state index contributed by atoms with van der Waals surface area (Å²) in [5, 5.41) is 6.45. The van der Waals surface area contributed by atoms with E-state index in [1.807, 2.05) is 0 Å². The fraction of sp³-hybridized carbons (Fsp3) is 0.231. The Balaban J connectivity index is 2.00. The summed E-state index contributed by atoms with van der Waals surface area (Å²) in [5.74, 6) is -0.479. The number of aromatic nitrogens is 2. The highest BCUT2D eigenvalue weighted by Gasteiger charge is 2.29. The Morgan fingerprint density at radius 1 is 1.33 bits per heavy atom. The largest absolute Gasteiger partial charge is 0.416 e. The second kappa shape index (κ2) is 5.47. The molecule has 0 unspecified atom stereocenters. The van der Waals surface area contributed by atoms with Crippen LogP contribution in [-0.2, 0) is 19.8 Å². The van der Waals surface area contributed by atoms with Gasteiger partial charge in [0.2, 0.25) is 0 Å². The van der Waals surface area contributed by atoms with Crippen LogP contribution in [0.3, 0.4) is 0 Å². The minimum absolute atomic E-state index is 0.0874. The number of carbonyl (C=O) groups excluding carboxylic acids is 1. The topological polar surface area (TPSA) is 72.9 Å². The fourth-order valence-electron chi connectivity index (χ4n) is 1.76. The van der Waals surface area contributed by atoms with Gasteiger partial charge in [0.15, 0.2) is 5.69 Å². The molecule has 0 atom stereocenters. The zero-order chi connectivity index (χ0) is 15.6. The van der Waals surface area contributed by atoms with E-state index in [1.165, 1.54) is 23.0 Å². The smallest absolute Gasteiger partial charge is 0.396 e. The van der Waals surface area contributed by atoms with Crippen molar-refractivity contribution in [2.45, 2.75) is 12.7 Å². The highest BCUT2D eigenvalue weighted by molar-refractivity contribution is 5.96. The Morgan fingerprint density at radius 2 is 1.95 bits per heavy atom. The molecule has 2 rings (SSSR count). The van der Waals surface area contributed by atoms with Gasteiger partial charge in [0.25, 0.3) is 5.91 Å². The summed E-state index contributed by atoms with van der Waals surface area (Å²) in [4.78, 5) is 11.8. The molecule has 0 saturated heterocycles. The molecule has 1 heterocycles. The third-order valence-electron chi connectivity index (χ3n) is 2.81. The number of hydrogen-bond donors (Lipinski definition) is 2. The third kappa shape index (κ3) is 3.53. The van der Waals surface area contributed by atoms with E-state index in [-0.39, 0.29) is 17.9 Å². The SMILES string of the molecule is Cn1cc(N)c(C(=O)NCc2ccc(C(F)(F)F)cc2)n1. The molecule has 0 aliphatic carbocycles. The normalized spacial score (nSPS) is 11.4. The molecule has 5 nitrogen and oxygen atoms in total. The molecular formula is C13H13F3N4O. The van der Waals surface area contributed by atoms with Gasteiger partial charge in [0, 0.05) is 19.8 Å². The second-order valence-electron chi connectivity index (χ2n) is 4.48. The number of amides is 1. The van der Waals surface area contributed by atoms with Gasteiger partial charge in [-0.3, -0.25) is 9.48 Å². The number of nitrogens with zero attached hydrogens (tertiary/aromatic N) is 2. The lowest BCUT2D eigenvalue weighted by Gasteiger charge is -2.08. The predicted molar refractivity (Wildman–Crippen MR) is 70.2 cm³/mol. The lowest BCUT2D eigenvalue weighted by molar-refractivity contribution is -0.137. The zero-order valence-electron chi connectivity index (χ0n) is 11.1. The van der Waals surface area contributed by atoms with Crippen LogP contribution >= 0.6 is 0 Å². The van der Waals surface area contributed by atoms with Crippen LogP contribution in [0.1, 0.15) is 21.6 Å². The predicted octanol–water partition coefficient (Wildman–Crippen LogP) is 1.95. The molecule has 1 aromatic carbocycles. The molecule has 8 heteroatoms. The van der Waals surface area contributed by atoms with Gasteiger partial charge in [-0.25, -0.2) is 0 Å². The molecule has 0 spiro atoms. The first-order valence-corrected chi connectivity index (χ1v) is 6.01. The molecular weight excluding hydrogens is 285 g/mol. The van der Waals surface area contributed by atoms with E-state index in [9.17, 15) is 18.0 Å². The molecule has 1 amide bonds. The van der Waals surface area contributed by atoms with Crippen LogP contribution < -0.4 is 11.1 Å². The molecule has 0 fully saturated rings. The second-order valence-corrected chi connectivity index (χ2v) is 4.48. The number of rotatable bonds is 3. The lowest BCUT2D eigenvalue weighted by Crippen LogP contribution is -2.24. The van der Waals surface area contributed by atoms with Gasteiger partial charge in [-0.1, -0.05) is 12.1 Å². The molecule has 0 aliphatic rings. The molecule has 1 aromatic heterocycles. The number of halogens is 3. The van der Waals surface area contributed by atoms with Crippen molar-refractivity contribution in [1.29, 1.82) is 0 Å². The van der Waals surface area contributed by atoms with E-state index < -0.39 is 17.6 Å². The van der Waals surface area contributed by atoms with Gasteiger partial charge in [-0.05, 0) is 17.7 Å². The first-order chi connectivity index (χ1) is 9.77. The van der Waals surface area contributed by atoms with E-state index >= 15 is 0 Å². The molecule has 3 N–H and O–H groups in total. The van der Waals surface area contributed by atoms with E-state index in [1.54, 1.807) is 7.05 Å². The van der Waals surface area contributed by atoms with Crippen molar-refractivity contribution in [3.63, 3.8) is 0 Å². The van der Waals surface area contributed by atoms with Gasteiger partial charge in [-0.2, -0.15) is 18.3 Å². The highest BCUT2D eigenvalue weighted by atomic mass is 19.4. The molecule has 21 heavy (non-hydrogen) atoms. The standard InChI is InChI=1S/C13H13F3N4O/c1-20-7-10(17)11(19-20)12(21)18-6-8-2-4-9(5-3-8)13(14,15)16/h2-5,7H,6,17H2,1H3,(H,18,21). The van der Waals surface area contributed by atoms with Crippen molar-refractivity contribution in [3.05, 3.63) is 47.3 Å². The monoisotopic (exact) mass is 298 g/mol. The Kier molecular flexibility index (Phi) is 3.88. The Hall–Kier alpha value is -2.51. The molecule has 112 valence electrons. The Bertz CT molecular complexity index is 646. The number of aryl methyl sites for hydroxylation is 1. The van der Waals surface area contributed by atoms with E-state index in [0.29, 0.717) is 5.56 Å². The van der Waals surface area contributed by atoms with Crippen molar-refractivity contribution in [2.24, 2.45) is 7.05 Å². The fourth-order valence-corrected chi connectivity index (χ4v) is 1.76. The van der Waals surface area contributed by atoms with Gasteiger partial charge in [0.1, 0.15) is 0 Å². The number of carbonyl (C=O) groups is 1. The van der Waals surface area contributed by atoms with Crippen molar-refractivity contribution in [1.82, 2.24) is 15.1 Å². The van der Waals surface area contributed by atoms with Crippen LogP contribution in [0.25, 0.3) is 0 Å². The molecule has 2 aromatic rings. The minimum Gasteiger partial charge on any atom is -0.396 e. The summed E-state index contributed by atoms with van der Waals surface area (Å²) < 4.78 is 38.6. The maximum atomic E-state index is 12.4. The van der Waals surface area contributed by atoms with E-state index in [4.69, 9.17) is 5.73 Å². The van der Waals surface area contributed by atoms with Crippen LogP contribution in [0.2, 0.25) is 0 Å². The van der Waals surface area contributed by atoms with Gasteiger partial charge < -0.3 is 11.1 Å². The van der Waals surface area contributed by atoms with Crippen molar-refractivity contribution in [2.75, 3.05) is 5.73 Å². The van der Waals surface area contributed by atoms with E-state index in [2.05, 4.69) is 10.4 Å². The summed E-state index contributed by atoms with van der Waals surface area (Å²) in [7, 11) is 1.63. The number of alkyl halides is 3. The van der Waals surface area contributed by atoms with Crippen LogP contribution in [0.5, 0.6) is 0 Å². The van der Waals surface area contributed by atoms with Crippen molar-refractivity contribution in [3.8, 4) is 0 Å². The minimum atomic E-state index is -4.37. The van der Waals surface area contributed by atoms with Crippen LogP contribution in [0.4, 0.5) is 18.9 Å². The number of hydrogen-bond acceptors (Lipinski definition) is 3. The van der Waals surface area contributed by atoms with Gasteiger partial charge >= 0.3 is 6.18 Å². The maximum absolute atomic E-state index is 12.4. The van der Waals surface area contributed by atoms with Gasteiger partial charge in [-0.15, -0.1) is 0 Å². The first-order valence-electron chi connectivity index (χ1n) is 6.01.